The smallest absolute Gasteiger partial charge is 0.277 e. The maximum atomic E-state index is 13.2. The molecule has 2 heterocycles. The zero-order chi connectivity index (χ0) is 20.3. The van der Waals surface area contributed by atoms with E-state index in [1.54, 1.807) is 18.2 Å². The molecule has 1 aromatic rings. The fourth-order valence-corrected chi connectivity index (χ4v) is 4.36. The summed E-state index contributed by atoms with van der Waals surface area (Å²) in [6, 6.07) is 5.03. The zero-order valence-corrected chi connectivity index (χ0v) is 17.9. The number of carbonyl (C=O) groups excluding carboxylic acids is 2. The normalized spacial score (nSPS) is 20.5. The van der Waals surface area contributed by atoms with Crippen LogP contribution in [0.15, 0.2) is 23.9 Å². The molecule has 2 amide bonds. The molecule has 0 aromatic heterocycles. The molecule has 1 saturated heterocycles. The molecule has 1 fully saturated rings. The van der Waals surface area contributed by atoms with Gasteiger partial charge in [-0.05, 0) is 44.2 Å². The number of carbonyl (C=O) groups is 2. The van der Waals surface area contributed by atoms with Gasteiger partial charge in [-0.15, -0.1) is 0 Å². The molecule has 5 nitrogen and oxygen atoms in total. The molecule has 0 N–H and O–H groups in total. The van der Waals surface area contributed by atoms with E-state index in [4.69, 9.17) is 27.9 Å². The number of amides is 2. The molecule has 0 radical (unpaired) electrons. The van der Waals surface area contributed by atoms with Crippen molar-refractivity contribution < 1.29 is 14.3 Å². The summed E-state index contributed by atoms with van der Waals surface area (Å²) in [5, 5.41) is 0.871. The van der Waals surface area contributed by atoms with E-state index in [9.17, 15) is 9.59 Å². The van der Waals surface area contributed by atoms with Crippen LogP contribution in [0.4, 0.5) is 0 Å². The van der Waals surface area contributed by atoms with E-state index in [0.717, 1.165) is 25.9 Å². The number of benzene rings is 1. The first-order chi connectivity index (χ1) is 13.4. The second-order valence-electron chi connectivity index (χ2n) is 7.35. The van der Waals surface area contributed by atoms with Gasteiger partial charge in [0.1, 0.15) is 5.70 Å². The lowest BCUT2D eigenvalue weighted by molar-refractivity contribution is -0.137. The number of piperidine rings is 1. The van der Waals surface area contributed by atoms with Crippen LogP contribution in [0.2, 0.25) is 10.0 Å². The van der Waals surface area contributed by atoms with E-state index >= 15 is 0 Å². The summed E-state index contributed by atoms with van der Waals surface area (Å²) in [5.41, 5.74) is 1.42. The predicted octanol–water partition coefficient (Wildman–Crippen LogP) is 4.23. The van der Waals surface area contributed by atoms with Crippen LogP contribution in [0, 0.1) is 5.92 Å². The van der Waals surface area contributed by atoms with Crippen molar-refractivity contribution in [2.75, 3.05) is 32.8 Å². The Morgan fingerprint density at radius 3 is 2.68 bits per heavy atom. The summed E-state index contributed by atoms with van der Waals surface area (Å²) in [7, 11) is 0. The molecule has 1 unspecified atom stereocenters. The minimum atomic E-state index is -0.293. The average molecular weight is 425 g/mol. The van der Waals surface area contributed by atoms with Gasteiger partial charge < -0.3 is 9.64 Å². The zero-order valence-electron chi connectivity index (χ0n) is 16.3. The maximum Gasteiger partial charge on any atom is 0.277 e. The highest BCUT2D eigenvalue weighted by atomic mass is 35.5. The largest absolute Gasteiger partial charge is 0.382 e. The van der Waals surface area contributed by atoms with Crippen LogP contribution < -0.4 is 0 Å². The van der Waals surface area contributed by atoms with Crippen molar-refractivity contribution in [3.05, 3.63) is 39.5 Å². The Morgan fingerprint density at radius 1 is 1.21 bits per heavy atom. The molecule has 2 aliphatic heterocycles. The molecule has 3 rings (SSSR count). The Balaban J connectivity index is 1.97. The van der Waals surface area contributed by atoms with Crippen LogP contribution >= 0.6 is 23.2 Å². The highest BCUT2D eigenvalue weighted by molar-refractivity contribution is 6.41. The van der Waals surface area contributed by atoms with Crippen molar-refractivity contribution in [3.8, 4) is 0 Å². The highest BCUT2D eigenvalue weighted by Crippen LogP contribution is 2.37. The fourth-order valence-electron chi connectivity index (χ4n) is 3.86. The van der Waals surface area contributed by atoms with Crippen molar-refractivity contribution in [3.63, 3.8) is 0 Å². The summed E-state index contributed by atoms with van der Waals surface area (Å²) in [6.45, 7) is 7.07. The summed E-state index contributed by atoms with van der Waals surface area (Å²) in [6.07, 6.45) is 2.73. The van der Waals surface area contributed by atoms with E-state index in [1.165, 1.54) is 4.90 Å². The molecular formula is C21H26Cl2N2O3. The van der Waals surface area contributed by atoms with Gasteiger partial charge >= 0.3 is 0 Å². The number of hydrogen-bond acceptors (Lipinski definition) is 4. The summed E-state index contributed by atoms with van der Waals surface area (Å²) < 4.78 is 5.36. The second kappa shape index (κ2) is 9.29. The second-order valence-corrected chi connectivity index (χ2v) is 8.20. The predicted molar refractivity (Wildman–Crippen MR) is 111 cm³/mol. The SMILES string of the molecule is CCOCCCN1C(=O)C(c2ccc(Cl)cc2Cl)=C(N2CCCC(C)C2)C1=O. The fraction of sp³-hybridized carbons (Fsp3) is 0.524. The summed E-state index contributed by atoms with van der Waals surface area (Å²) in [4.78, 5) is 29.9. The number of halogens is 2. The number of ether oxygens (including phenoxy) is 1. The van der Waals surface area contributed by atoms with Crippen LogP contribution in [0.25, 0.3) is 5.57 Å². The number of hydrogen-bond donors (Lipinski definition) is 0. The quantitative estimate of drug-likeness (QED) is 0.485. The van der Waals surface area contributed by atoms with Gasteiger partial charge in [0.05, 0.1) is 10.6 Å². The summed E-state index contributed by atoms with van der Waals surface area (Å²) >= 11 is 12.4. The third-order valence-corrected chi connectivity index (χ3v) is 5.74. The van der Waals surface area contributed by atoms with Crippen molar-refractivity contribution in [1.82, 2.24) is 9.80 Å². The summed E-state index contributed by atoms with van der Waals surface area (Å²) in [5.74, 6) is -0.0614. The third-order valence-electron chi connectivity index (χ3n) is 5.19. The van der Waals surface area contributed by atoms with Crippen LogP contribution in [0.5, 0.6) is 0 Å². The minimum Gasteiger partial charge on any atom is -0.382 e. The number of likely N-dealkylation sites (tertiary alicyclic amines) is 1. The van der Waals surface area contributed by atoms with E-state index in [-0.39, 0.29) is 11.8 Å². The van der Waals surface area contributed by atoms with Crippen LogP contribution in [-0.2, 0) is 14.3 Å². The van der Waals surface area contributed by atoms with Crippen LogP contribution in [0.3, 0.4) is 0 Å². The Bertz CT molecular complexity index is 794. The van der Waals surface area contributed by atoms with E-state index in [2.05, 4.69) is 11.8 Å². The monoisotopic (exact) mass is 424 g/mol. The average Bonchev–Trinajstić information content (AvgIpc) is 2.89. The molecule has 0 spiro atoms. The Morgan fingerprint density at radius 2 is 2.00 bits per heavy atom. The van der Waals surface area contributed by atoms with Gasteiger partial charge in [-0.3, -0.25) is 14.5 Å². The first-order valence-electron chi connectivity index (χ1n) is 9.82. The lowest BCUT2D eigenvalue weighted by Crippen LogP contribution is -2.39. The van der Waals surface area contributed by atoms with Gasteiger partial charge in [0.15, 0.2) is 0 Å². The van der Waals surface area contributed by atoms with Crippen molar-refractivity contribution in [2.45, 2.75) is 33.1 Å². The molecule has 7 heteroatoms. The highest BCUT2D eigenvalue weighted by Gasteiger charge is 2.42. The molecular weight excluding hydrogens is 399 g/mol. The topological polar surface area (TPSA) is 49.9 Å². The van der Waals surface area contributed by atoms with Gasteiger partial charge in [-0.1, -0.05) is 36.2 Å². The maximum absolute atomic E-state index is 13.2. The molecule has 0 bridgehead atoms. The number of rotatable bonds is 7. The van der Waals surface area contributed by atoms with Gasteiger partial charge in [0, 0.05) is 43.4 Å². The van der Waals surface area contributed by atoms with Crippen molar-refractivity contribution >= 4 is 40.6 Å². The number of nitrogens with zero attached hydrogens (tertiary/aromatic N) is 2. The Kier molecular flexibility index (Phi) is 7.02. The third kappa shape index (κ3) is 4.37. The molecule has 28 heavy (non-hydrogen) atoms. The first kappa shape index (κ1) is 21.2. The van der Waals surface area contributed by atoms with Gasteiger partial charge in [-0.25, -0.2) is 0 Å². The van der Waals surface area contributed by atoms with Crippen LogP contribution in [0.1, 0.15) is 38.7 Å². The van der Waals surface area contributed by atoms with E-state index in [0.29, 0.717) is 59.0 Å². The lowest BCUT2D eigenvalue weighted by atomic mass is 9.97. The van der Waals surface area contributed by atoms with Gasteiger partial charge in [0.2, 0.25) is 0 Å². The van der Waals surface area contributed by atoms with Crippen molar-refractivity contribution in [1.29, 1.82) is 0 Å². The molecule has 0 saturated carbocycles. The lowest BCUT2D eigenvalue weighted by Gasteiger charge is -2.33. The van der Waals surface area contributed by atoms with Gasteiger partial charge in [-0.2, -0.15) is 0 Å². The first-order valence-corrected chi connectivity index (χ1v) is 10.6. The van der Waals surface area contributed by atoms with Gasteiger partial charge in [0.25, 0.3) is 11.8 Å². The van der Waals surface area contributed by atoms with Crippen molar-refractivity contribution in [2.24, 2.45) is 5.92 Å². The van der Waals surface area contributed by atoms with Crippen LogP contribution in [-0.4, -0.2) is 54.5 Å². The van der Waals surface area contributed by atoms with E-state index < -0.39 is 0 Å². The molecule has 1 atom stereocenters. The minimum absolute atomic E-state index is 0.239. The molecule has 0 aliphatic carbocycles. The molecule has 1 aromatic carbocycles. The molecule has 152 valence electrons. The standard InChI is InChI=1S/C21H26Cl2N2O3/c1-3-28-11-5-10-25-20(26)18(16-8-7-15(22)12-17(16)23)19(21(25)27)24-9-4-6-14(2)13-24/h7-8,12,14H,3-6,9-11,13H2,1-2H3. The Hall–Kier alpha value is -1.56. The number of imide groups is 1. The molecule has 2 aliphatic rings. The van der Waals surface area contributed by atoms with E-state index in [1.807, 2.05) is 6.92 Å². The Labute approximate surface area is 176 Å².